The minimum atomic E-state index is -1.26. The van der Waals surface area contributed by atoms with Gasteiger partial charge < -0.3 is 9.47 Å². The van der Waals surface area contributed by atoms with E-state index < -0.39 is 23.4 Å². The SMILES string of the molecule is C=CCOc1ccc(OC(=O)c2ccc(C3CCC4CC(C=C)CCC4C3)cc2)c(F)c1F. The zero-order valence-electron chi connectivity index (χ0n) is 18.8. The smallest absolute Gasteiger partial charge is 0.343 e. The Morgan fingerprint density at radius 2 is 1.58 bits per heavy atom. The molecule has 0 aliphatic heterocycles. The van der Waals surface area contributed by atoms with E-state index in [4.69, 9.17) is 9.47 Å². The van der Waals surface area contributed by atoms with Gasteiger partial charge in [-0.2, -0.15) is 8.78 Å². The van der Waals surface area contributed by atoms with Gasteiger partial charge in [0.05, 0.1) is 5.56 Å². The fourth-order valence-electron chi connectivity index (χ4n) is 5.35. The molecular weight excluding hydrogens is 422 g/mol. The molecule has 2 aliphatic rings. The summed E-state index contributed by atoms with van der Waals surface area (Å²) < 4.78 is 38.6. The molecule has 5 heteroatoms. The molecule has 2 aromatic carbocycles. The van der Waals surface area contributed by atoms with E-state index in [-0.39, 0.29) is 12.4 Å². The number of esters is 1. The number of benzene rings is 2. The number of halogens is 2. The quantitative estimate of drug-likeness (QED) is 0.252. The number of hydrogen-bond acceptors (Lipinski definition) is 3. The van der Waals surface area contributed by atoms with Crippen LogP contribution in [0.25, 0.3) is 0 Å². The number of carbonyl (C=O) groups excluding carboxylic acids is 1. The summed E-state index contributed by atoms with van der Waals surface area (Å²) in [5.74, 6) is -1.19. The van der Waals surface area contributed by atoms with Crippen molar-refractivity contribution >= 4 is 5.97 Å². The van der Waals surface area contributed by atoms with Crippen molar-refractivity contribution in [2.24, 2.45) is 17.8 Å². The average Bonchev–Trinajstić information content (AvgIpc) is 2.85. The zero-order valence-corrected chi connectivity index (χ0v) is 18.8. The standard InChI is InChI=1S/C28H30F2O3/c1-3-15-32-24-13-14-25(27(30)26(24)29)33-28(31)20-9-7-19(8-10-20)22-12-11-21-16-18(4-2)5-6-23(21)17-22/h3-4,7-10,13-14,18,21-23H,1-2,5-6,11-12,15-17H2. The molecular formula is C28H30F2O3. The molecule has 2 aliphatic carbocycles. The number of hydrogen-bond donors (Lipinski definition) is 0. The van der Waals surface area contributed by atoms with Crippen molar-refractivity contribution in [2.45, 2.75) is 44.4 Å². The third-order valence-corrected chi connectivity index (χ3v) is 7.18. The second-order valence-corrected chi connectivity index (χ2v) is 9.14. The van der Waals surface area contributed by atoms with E-state index in [9.17, 15) is 13.6 Å². The summed E-state index contributed by atoms with van der Waals surface area (Å²) in [6.07, 6.45) is 10.9. The summed E-state index contributed by atoms with van der Waals surface area (Å²) in [4.78, 5) is 12.5. The third-order valence-electron chi connectivity index (χ3n) is 7.18. The van der Waals surface area contributed by atoms with Gasteiger partial charge in [0.1, 0.15) is 6.61 Å². The van der Waals surface area contributed by atoms with Crippen molar-refractivity contribution in [1.82, 2.24) is 0 Å². The lowest BCUT2D eigenvalue weighted by molar-refractivity contribution is 0.0726. The summed E-state index contributed by atoms with van der Waals surface area (Å²) in [5.41, 5.74) is 1.52. The van der Waals surface area contributed by atoms with Gasteiger partial charge in [-0.15, -0.1) is 6.58 Å². The fourth-order valence-corrected chi connectivity index (χ4v) is 5.35. The highest BCUT2D eigenvalue weighted by atomic mass is 19.2. The molecule has 0 saturated heterocycles. The van der Waals surface area contributed by atoms with E-state index >= 15 is 0 Å². The molecule has 0 aromatic heterocycles. The van der Waals surface area contributed by atoms with E-state index in [0.29, 0.717) is 17.4 Å². The summed E-state index contributed by atoms with van der Waals surface area (Å²) in [6.45, 7) is 7.48. The van der Waals surface area contributed by atoms with E-state index in [0.717, 1.165) is 18.3 Å². The van der Waals surface area contributed by atoms with Crippen LogP contribution in [-0.2, 0) is 0 Å². The molecule has 0 amide bonds. The van der Waals surface area contributed by atoms with Crippen LogP contribution in [0.15, 0.2) is 61.7 Å². The van der Waals surface area contributed by atoms with Gasteiger partial charge in [0.25, 0.3) is 0 Å². The van der Waals surface area contributed by atoms with Crippen molar-refractivity contribution in [3.8, 4) is 11.5 Å². The Kier molecular flexibility index (Phi) is 7.26. The van der Waals surface area contributed by atoms with Crippen LogP contribution in [0.1, 0.15) is 60.4 Å². The molecule has 33 heavy (non-hydrogen) atoms. The number of carbonyl (C=O) groups is 1. The van der Waals surface area contributed by atoms with E-state index in [1.54, 1.807) is 12.1 Å². The monoisotopic (exact) mass is 452 g/mol. The molecule has 2 fully saturated rings. The lowest BCUT2D eigenvalue weighted by atomic mass is 9.64. The van der Waals surface area contributed by atoms with E-state index in [1.807, 2.05) is 12.1 Å². The van der Waals surface area contributed by atoms with Gasteiger partial charge in [0.2, 0.25) is 11.6 Å². The lowest BCUT2D eigenvalue weighted by Crippen LogP contribution is -2.29. The average molecular weight is 453 g/mol. The van der Waals surface area contributed by atoms with Crippen molar-refractivity contribution < 1.29 is 23.0 Å². The molecule has 0 bridgehead atoms. The van der Waals surface area contributed by atoms with Crippen LogP contribution in [0.4, 0.5) is 8.78 Å². The van der Waals surface area contributed by atoms with Gasteiger partial charge in [0, 0.05) is 0 Å². The minimum Gasteiger partial charge on any atom is -0.486 e. The van der Waals surface area contributed by atoms with Gasteiger partial charge in [0.15, 0.2) is 11.5 Å². The molecule has 4 unspecified atom stereocenters. The summed E-state index contributed by atoms with van der Waals surface area (Å²) >= 11 is 0. The molecule has 2 aromatic rings. The van der Waals surface area contributed by atoms with Crippen LogP contribution in [-0.4, -0.2) is 12.6 Å². The van der Waals surface area contributed by atoms with E-state index in [1.165, 1.54) is 55.9 Å². The number of allylic oxidation sites excluding steroid dienone is 1. The summed E-state index contributed by atoms with van der Waals surface area (Å²) in [5, 5.41) is 0. The first-order chi connectivity index (χ1) is 16.0. The van der Waals surface area contributed by atoms with Gasteiger partial charge in [-0.1, -0.05) is 30.9 Å². The van der Waals surface area contributed by atoms with Crippen molar-refractivity contribution in [3.05, 3.63) is 84.5 Å². The predicted molar refractivity (Wildman–Crippen MR) is 125 cm³/mol. The number of ether oxygens (including phenoxy) is 2. The first-order valence-corrected chi connectivity index (χ1v) is 11.7. The summed E-state index contributed by atoms with van der Waals surface area (Å²) in [6, 6.07) is 9.73. The Balaban J connectivity index is 1.38. The van der Waals surface area contributed by atoms with Crippen LogP contribution in [0.3, 0.4) is 0 Å². The molecule has 2 saturated carbocycles. The highest BCUT2D eigenvalue weighted by Gasteiger charge is 2.35. The van der Waals surface area contributed by atoms with Crippen LogP contribution in [0.2, 0.25) is 0 Å². The highest BCUT2D eigenvalue weighted by molar-refractivity contribution is 5.91. The molecule has 4 rings (SSSR count). The summed E-state index contributed by atoms with van der Waals surface area (Å²) in [7, 11) is 0. The maximum absolute atomic E-state index is 14.3. The van der Waals surface area contributed by atoms with Gasteiger partial charge in [-0.3, -0.25) is 0 Å². The molecule has 0 heterocycles. The zero-order chi connectivity index (χ0) is 23.4. The van der Waals surface area contributed by atoms with Crippen LogP contribution in [0, 0.1) is 29.4 Å². The molecule has 3 nitrogen and oxygen atoms in total. The van der Waals surface area contributed by atoms with Gasteiger partial charge >= 0.3 is 5.97 Å². The number of rotatable bonds is 7. The normalized spacial score (nSPS) is 24.4. The van der Waals surface area contributed by atoms with Crippen molar-refractivity contribution in [3.63, 3.8) is 0 Å². The lowest BCUT2D eigenvalue weighted by Gasteiger charge is -2.41. The van der Waals surface area contributed by atoms with Crippen LogP contribution in [0.5, 0.6) is 11.5 Å². The molecule has 0 radical (unpaired) electrons. The maximum Gasteiger partial charge on any atom is 0.343 e. The van der Waals surface area contributed by atoms with Crippen molar-refractivity contribution in [1.29, 1.82) is 0 Å². The first-order valence-electron chi connectivity index (χ1n) is 11.7. The van der Waals surface area contributed by atoms with E-state index in [2.05, 4.69) is 19.2 Å². The molecule has 0 N–H and O–H groups in total. The second kappa shape index (κ2) is 10.3. The first kappa shape index (κ1) is 23.2. The van der Waals surface area contributed by atoms with Crippen LogP contribution >= 0.6 is 0 Å². The van der Waals surface area contributed by atoms with Crippen molar-refractivity contribution in [2.75, 3.05) is 6.61 Å². The minimum absolute atomic E-state index is 0.0413. The topological polar surface area (TPSA) is 35.5 Å². The fraction of sp³-hybridized carbons (Fsp3) is 0.393. The largest absolute Gasteiger partial charge is 0.486 e. The van der Waals surface area contributed by atoms with Gasteiger partial charge in [-0.05, 0) is 92.0 Å². The Labute approximate surface area is 194 Å². The maximum atomic E-state index is 14.3. The Morgan fingerprint density at radius 1 is 0.909 bits per heavy atom. The van der Waals surface area contributed by atoms with Gasteiger partial charge in [-0.25, -0.2) is 4.79 Å². The number of fused-ring (bicyclic) bond motifs is 1. The molecule has 0 spiro atoms. The second-order valence-electron chi connectivity index (χ2n) is 9.14. The molecule has 4 atom stereocenters. The molecule has 174 valence electrons. The highest BCUT2D eigenvalue weighted by Crippen LogP contribution is 2.47. The predicted octanol–water partition coefficient (Wildman–Crippen LogP) is 7.23. The Morgan fingerprint density at radius 3 is 2.30 bits per heavy atom. The Hall–Kier alpha value is -2.95. The third kappa shape index (κ3) is 5.18. The Bertz CT molecular complexity index is 1010. The van der Waals surface area contributed by atoms with Crippen LogP contribution < -0.4 is 9.47 Å².